The second kappa shape index (κ2) is 8.09. The first-order chi connectivity index (χ1) is 12.0. The number of amides is 1. The Balaban J connectivity index is 2.27. The van der Waals surface area contributed by atoms with Crippen LogP contribution in [0.4, 0.5) is 5.88 Å². The number of ether oxygens (including phenoxy) is 1. The van der Waals surface area contributed by atoms with Gasteiger partial charge in [0.05, 0.1) is 6.07 Å². The molecule has 1 aromatic carbocycles. The van der Waals surface area contributed by atoms with E-state index in [9.17, 15) is 19.7 Å². The molecule has 2 rings (SSSR count). The SMILES string of the molecule is CCN(CC)C(=O)[C@H](OC(=O)c1ccc([N+](=O)[O-])o1)c1ccccc1. The van der Waals surface area contributed by atoms with Gasteiger partial charge in [-0.15, -0.1) is 0 Å². The molecule has 0 saturated heterocycles. The maximum Gasteiger partial charge on any atom is 0.433 e. The van der Waals surface area contributed by atoms with Gasteiger partial charge in [-0.1, -0.05) is 30.3 Å². The summed E-state index contributed by atoms with van der Waals surface area (Å²) in [6.45, 7) is 4.56. The molecule has 0 radical (unpaired) electrons. The van der Waals surface area contributed by atoms with Crippen molar-refractivity contribution in [3.63, 3.8) is 0 Å². The quantitative estimate of drug-likeness (QED) is 0.434. The van der Waals surface area contributed by atoms with Gasteiger partial charge in [0.1, 0.15) is 4.92 Å². The number of rotatable bonds is 7. The minimum Gasteiger partial charge on any atom is -0.441 e. The van der Waals surface area contributed by atoms with Crippen LogP contribution in [-0.4, -0.2) is 34.8 Å². The Morgan fingerprint density at radius 2 is 1.80 bits per heavy atom. The number of likely N-dealkylation sites (N-methyl/N-ethyl adjacent to an activating group) is 1. The van der Waals surface area contributed by atoms with E-state index in [1.807, 2.05) is 13.8 Å². The third kappa shape index (κ3) is 4.23. The highest BCUT2D eigenvalue weighted by molar-refractivity contribution is 5.91. The highest BCUT2D eigenvalue weighted by atomic mass is 16.7. The molecule has 0 spiro atoms. The number of furan rings is 1. The standard InChI is InChI=1S/C17H18N2O6/c1-3-18(4-2)16(20)15(12-8-6-5-7-9-12)25-17(21)13-10-11-14(24-13)19(22)23/h5-11,15H,3-4H2,1-2H3/t15-/m1/s1. The van der Waals surface area contributed by atoms with E-state index in [0.29, 0.717) is 18.7 Å². The summed E-state index contributed by atoms with van der Waals surface area (Å²) in [7, 11) is 0. The predicted octanol–water partition coefficient (Wildman–Crippen LogP) is 2.95. The van der Waals surface area contributed by atoms with Crippen molar-refractivity contribution in [1.82, 2.24) is 4.90 Å². The lowest BCUT2D eigenvalue weighted by Gasteiger charge is -2.25. The number of hydrogen-bond acceptors (Lipinski definition) is 6. The Kier molecular flexibility index (Phi) is 5.89. The molecule has 2 aromatic rings. The van der Waals surface area contributed by atoms with E-state index in [-0.39, 0.29) is 11.7 Å². The average molecular weight is 346 g/mol. The minimum atomic E-state index is -1.15. The van der Waals surface area contributed by atoms with Gasteiger partial charge in [0, 0.05) is 18.7 Å². The van der Waals surface area contributed by atoms with Crippen molar-refractivity contribution in [2.24, 2.45) is 0 Å². The highest BCUT2D eigenvalue weighted by Gasteiger charge is 2.30. The lowest BCUT2D eigenvalue weighted by Crippen LogP contribution is -2.36. The summed E-state index contributed by atoms with van der Waals surface area (Å²) in [5.41, 5.74) is 0.508. The summed E-state index contributed by atoms with van der Waals surface area (Å²) >= 11 is 0. The van der Waals surface area contributed by atoms with Crippen LogP contribution in [0.5, 0.6) is 0 Å². The first-order valence-corrected chi connectivity index (χ1v) is 7.76. The molecular weight excluding hydrogens is 328 g/mol. The monoisotopic (exact) mass is 346 g/mol. The zero-order valence-electron chi connectivity index (χ0n) is 13.9. The number of nitro groups is 1. The molecule has 0 aliphatic carbocycles. The molecule has 1 heterocycles. The van der Waals surface area contributed by atoms with Crippen molar-refractivity contribution in [2.75, 3.05) is 13.1 Å². The van der Waals surface area contributed by atoms with E-state index in [2.05, 4.69) is 0 Å². The van der Waals surface area contributed by atoms with Crippen molar-refractivity contribution in [1.29, 1.82) is 0 Å². The van der Waals surface area contributed by atoms with Crippen molar-refractivity contribution < 1.29 is 23.7 Å². The summed E-state index contributed by atoms with van der Waals surface area (Å²) in [6.07, 6.45) is -1.15. The van der Waals surface area contributed by atoms with Crippen LogP contribution in [0.2, 0.25) is 0 Å². The van der Waals surface area contributed by atoms with E-state index >= 15 is 0 Å². The van der Waals surface area contributed by atoms with Gasteiger partial charge in [0.2, 0.25) is 11.9 Å². The normalized spacial score (nSPS) is 11.6. The molecule has 8 heteroatoms. The number of carbonyl (C=O) groups excluding carboxylic acids is 2. The van der Waals surface area contributed by atoms with Crippen LogP contribution in [0.15, 0.2) is 46.9 Å². The van der Waals surface area contributed by atoms with E-state index in [0.717, 1.165) is 12.1 Å². The summed E-state index contributed by atoms with van der Waals surface area (Å²) in [5, 5.41) is 10.7. The summed E-state index contributed by atoms with van der Waals surface area (Å²) in [5.74, 6) is -2.22. The molecule has 8 nitrogen and oxygen atoms in total. The van der Waals surface area contributed by atoms with Crippen molar-refractivity contribution in [3.05, 3.63) is 63.9 Å². The third-order valence-corrected chi connectivity index (χ3v) is 3.60. The van der Waals surface area contributed by atoms with Crippen LogP contribution >= 0.6 is 0 Å². The molecule has 0 aliphatic rings. The molecule has 0 aliphatic heterocycles. The number of nitrogens with zero attached hydrogens (tertiary/aromatic N) is 2. The molecule has 0 saturated carbocycles. The smallest absolute Gasteiger partial charge is 0.433 e. The van der Waals surface area contributed by atoms with Crippen molar-refractivity contribution in [2.45, 2.75) is 20.0 Å². The van der Waals surface area contributed by atoms with Gasteiger partial charge in [0.25, 0.3) is 5.91 Å². The molecule has 1 aromatic heterocycles. The lowest BCUT2D eigenvalue weighted by molar-refractivity contribution is -0.402. The maximum atomic E-state index is 12.7. The summed E-state index contributed by atoms with van der Waals surface area (Å²) in [4.78, 5) is 36.4. The minimum absolute atomic E-state index is 0.333. The van der Waals surface area contributed by atoms with E-state index in [4.69, 9.17) is 9.15 Å². The number of hydrogen-bond donors (Lipinski definition) is 0. The predicted molar refractivity (Wildman–Crippen MR) is 87.9 cm³/mol. The number of esters is 1. The fraction of sp³-hybridized carbons (Fsp3) is 0.294. The number of benzene rings is 1. The highest BCUT2D eigenvalue weighted by Crippen LogP contribution is 2.24. The van der Waals surface area contributed by atoms with Gasteiger partial charge in [-0.05, 0) is 19.9 Å². The Hall–Kier alpha value is -3.16. The molecule has 1 atom stereocenters. The van der Waals surface area contributed by atoms with E-state index in [1.54, 1.807) is 30.3 Å². The molecule has 0 N–H and O–H groups in total. The first-order valence-electron chi connectivity index (χ1n) is 7.76. The van der Waals surface area contributed by atoms with Gasteiger partial charge in [-0.25, -0.2) is 4.79 Å². The van der Waals surface area contributed by atoms with Crippen molar-refractivity contribution >= 4 is 17.8 Å². The van der Waals surface area contributed by atoms with Gasteiger partial charge in [0.15, 0.2) is 0 Å². The molecule has 0 bridgehead atoms. The molecule has 1 amide bonds. The second-order valence-electron chi connectivity index (χ2n) is 5.10. The Labute approximate surface area is 144 Å². The Morgan fingerprint density at radius 3 is 2.32 bits per heavy atom. The van der Waals surface area contributed by atoms with Gasteiger partial charge in [-0.2, -0.15) is 0 Å². The van der Waals surface area contributed by atoms with Gasteiger partial charge in [-0.3, -0.25) is 14.9 Å². The zero-order valence-corrected chi connectivity index (χ0v) is 13.9. The van der Waals surface area contributed by atoms with E-state index in [1.165, 1.54) is 4.90 Å². The topological polar surface area (TPSA) is 103 Å². The van der Waals surface area contributed by atoms with Crippen molar-refractivity contribution in [3.8, 4) is 0 Å². The molecular formula is C17H18N2O6. The first kappa shape index (κ1) is 18.2. The average Bonchev–Trinajstić information content (AvgIpc) is 3.11. The van der Waals surface area contributed by atoms with Crippen LogP contribution in [0.3, 0.4) is 0 Å². The zero-order chi connectivity index (χ0) is 18.4. The van der Waals surface area contributed by atoms with E-state index < -0.39 is 22.9 Å². The Morgan fingerprint density at radius 1 is 1.16 bits per heavy atom. The lowest BCUT2D eigenvalue weighted by atomic mass is 10.1. The number of carbonyl (C=O) groups is 2. The summed E-state index contributed by atoms with van der Waals surface area (Å²) < 4.78 is 10.2. The summed E-state index contributed by atoms with van der Waals surface area (Å²) in [6, 6.07) is 10.8. The largest absolute Gasteiger partial charge is 0.441 e. The fourth-order valence-corrected chi connectivity index (χ4v) is 2.29. The van der Waals surface area contributed by atoms with Gasteiger partial charge < -0.3 is 14.1 Å². The van der Waals surface area contributed by atoms with Crippen LogP contribution < -0.4 is 0 Å². The van der Waals surface area contributed by atoms with Crippen LogP contribution in [0.25, 0.3) is 0 Å². The van der Waals surface area contributed by atoms with Crippen LogP contribution in [-0.2, 0) is 9.53 Å². The third-order valence-electron chi connectivity index (χ3n) is 3.60. The fourth-order valence-electron chi connectivity index (χ4n) is 2.29. The van der Waals surface area contributed by atoms with Crippen LogP contribution in [0, 0.1) is 10.1 Å². The molecule has 25 heavy (non-hydrogen) atoms. The van der Waals surface area contributed by atoms with Crippen LogP contribution in [0.1, 0.15) is 36.1 Å². The van der Waals surface area contributed by atoms with Gasteiger partial charge >= 0.3 is 11.9 Å². The second-order valence-corrected chi connectivity index (χ2v) is 5.10. The molecule has 0 unspecified atom stereocenters. The molecule has 132 valence electrons. The maximum absolute atomic E-state index is 12.7. The molecule has 0 fully saturated rings. The Bertz CT molecular complexity index is 752.